The molecule has 0 N–H and O–H groups in total. The number of ether oxygens (including phenoxy) is 1. The molecule has 0 atom stereocenters. The maximum absolute atomic E-state index is 8.89. The lowest BCUT2D eigenvalue weighted by Crippen LogP contribution is -2.04. The van der Waals surface area contributed by atoms with Crippen LogP contribution in [0.2, 0.25) is 10.0 Å². The van der Waals surface area contributed by atoms with E-state index in [0.717, 1.165) is 16.4 Å². The normalized spacial score (nSPS) is 10.7. The Morgan fingerprint density at radius 3 is 2.54 bits per heavy atom. The van der Waals surface area contributed by atoms with E-state index in [9.17, 15) is 0 Å². The number of rotatable bonds is 6. The number of hydrogen-bond acceptors (Lipinski definition) is 5. The first-order valence-corrected chi connectivity index (χ1v) is 9.37. The summed E-state index contributed by atoms with van der Waals surface area (Å²) in [5.41, 5.74) is 2.55. The van der Waals surface area contributed by atoms with Crippen LogP contribution in [0.4, 0.5) is 0 Å². The maximum Gasteiger partial charge on any atom is 0.196 e. The first-order valence-electron chi connectivity index (χ1n) is 7.63. The minimum Gasteiger partial charge on any atom is -0.377 e. The molecule has 0 saturated heterocycles. The van der Waals surface area contributed by atoms with Gasteiger partial charge in [-0.05, 0) is 35.9 Å². The van der Waals surface area contributed by atoms with Crippen molar-refractivity contribution in [2.24, 2.45) is 0 Å². The van der Waals surface area contributed by atoms with Gasteiger partial charge in [-0.2, -0.15) is 5.26 Å². The fraction of sp³-hybridized carbons (Fsp3) is 0.167. The summed E-state index contributed by atoms with van der Waals surface area (Å²) in [4.78, 5) is 0. The summed E-state index contributed by atoms with van der Waals surface area (Å²) in [5.74, 6) is 1.37. The Morgan fingerprint density at radius 1 is 1.12 bits per heavy atom. The number of nitrogens with zero attached hydrogens (tertiary/aromatic N) is 4. The van der Waals surface area contributed by atoms with E-state index in [-0.39, 0.29) is 0 Å². The molecule has 3 aromatic rings. The lowest BCUT2D eigenvalue weighted by atomic mass is 10.2. The summed E-state index contributed by atoms with van der Waals surface area (Å²) in [6.07, 6.45) is 0. The largest absolute Gasteiger partial charge is 0.377 e. The predicted octanol–water partition coefficient (Wildman–Crippen LogP) is 4.88. The molecule has 3 rings (SSSR count). The Kier molecular flexibility index (Phi) is 6.17. The van der Waals surface area contributed by atoms with Gasteiger partial charge in [-0.15, -0.1) is 10.2 Å². The van der Waals surface area contributed by atoms with Crippen molar-refractivity contribution in [2.45, 2.75) is 17.5 Å². The van der Waals surface area contributed by atoms with Crippen LogP contribution < -0.4 is 0 Å². The molecule has 0 aliphatic heterocycles. The van der Waals surface area contributed by atoms with Gasteiger partial charge >= 0.3 is 0 Å². The van der Waals surface area contributed by atoms with Crippen LogP contribution in [-0.4, -0.2) is 21.9 Å². The molecule has 8 heteroatoms. The molecule has 0 radical (unpaired) electrons. The molecule has 26 heavy (non-hydrogen) atoms. The molecular formula is C18H14Cl2N4OS. The second-order valence-corrected chi connectivity index (χ2v) is 7.12. The quantitative estimate of drug-likeness (QED) is 0.547. The number of benzene rings is 2. The van der Waals surface area contributed by atoms with Crippen LogP contribution in [0.3, 0.4) is 0 Å². The first kappa shape index (κ1) is 18.7. The van der Waals surface area contributed by atoms with E-state index in [2.05, 4.69) is 16.3 Å². The summed E-state index contributed by atoms with van der Waals surface area (Å²) in [6.45, 7) is 0.324. The molecule has 5 nitrogen and oxygen atoms in total. The Balaban J connectivity index is 1.89. The molecule has 0 aliphatic carbocycles. The maximum atomic E-state index is 8.89. The van der Waals surface area contributed by atoms with Gasteiger partial charge in [-0.25, -0.2) is 0 Å². The minimum absolute atomic E-state index is 0.324. The van der Waals surface area contributed by atoms with Crippen molar-refractivity contribution in [2.75, 3.05) is 7.11 Å². The second-order valence-electron chi connectivity index (χ2n) is 5.36. The van der Waals surface area contributed by atoms with Gasteiger partial charge < -0.3 is 4.74 Å². The number of methoxy groups -OCH3 is 1. The average molecular weight is 405 g/mol. The predicted molar refractivity (Wildman–Crippen MR) is 103 cm³/mol. The molecule has 0 amide bonds. The molecule has 132 valence electrons. The highest BCUT2D eigenvalue weighted by atomic mass is 35.5. The van der Waals surface area contributed by atoms with E-state index < -0.39 is 0 Å². The molecule has 1 aromatic heterocycles. The molecule has 0 aliphatic rings. The zero-order valence-corrected chi connectivity index (χ0v) is 16.1. The Bertz CT molecular complexity index is 951. The summed E-state index contributed by atoms with van der Waals surface area (Å²) < 4.78 is 7.13. The standard InChI is InChI=1S/C18H14Cl2N4OS/c1-25-10-17-22-23-18(24(17)14-6-7-15(19)16(20)8-14)26-11-13-4-2-12(9-21)3-5-13/h2-8H,10-11H2,1H3. The second kappa shape index (κ2) is 8.56. The van der Waals surface area contributed by atoms with Crippen molar-refractivity contribution in [1.29, 1.82) is 5.26 Å². The topological polar surface area (TPSA) is 63.7 Å². The van der Waals surface area contributed by atoms with Crippen LogP contribution in [0.1, 0.15) is 17.0 Å². The highest BCUT2D eigenvalue weighted by molar-refractivity contribution is 7.98. The van der Waals surface area contributed by atoms with Gasteiger partial charge in [0, 0.05) is 12.9 Å². The van der Waals surface area contributed by atoms with Crippen molar-refractivity contribution < 1.29 is 4.74 Å². The van der Waals surface area contributed by atoms with E-state index >= 15 is 0 Å². The molecule has 0 spiro atoms. The summed E-state index contributed by atoms with van der Waals surface area (Å²) in [7, 11) is 1.61. The van der Waals surface area contributed by atoms with E-state index in [1.807, 2.05) is 22.8 Å². The lowest BCUT2D eigenvalue weighted by Gasteiger charge is -2.11. The number of nitriles is 1. The summed E-state index contributed by atoms with van der Waals surface area (Å²) >= 11 is 13.7. The SMILES string of the molecule is COCc1nnc(SCc2ccc(C#N)cc2)n1-c1ccc(Cl)c(Cl)c1. The van der Waals surface area contributed by atoms with Gasteiger partial charge in [-0.3, -0.25) is 4.57 Å². The minimum atomic E-state index is 0.324. The highest BCUT2D eigenvalue weighted by Crippen LogP contribution is 2.29. The monoisotopic (exact) mass is 404 g/mol. The first-order chi connectivity index (χ1) is 12.6. The van der Waals surface area contributed by atoms with E-state index in [1.54, 1.807) is 43.1 Å². The molecular weight excluding hydrogens is 391 g/mol. The Hall–Kier alpha value is -2.04. The smallest absolute Gasteiger partial charge is 0.196 e. The van der Waals surface area contributed by atoms with Crippen LogP contribution in [-0.2, 0) is 17.1 Å². The molecule has 0 bridgehead atoms. The third-order valence-corrected chi connectivity index (χ3v) is 5.33. The third-order valence-electron chi connectivity index (χ3n) is 3.59. The highest BCUT2D eigenvalue weighted by Gasteiger charge is 2.15. The van der Waals surface area contributed by atoms with Gasteiger partial charge in [0.15, 0.2) is 11.0 Å². The molecule has 0 fully saturated rings. The van der Waals surface area contributed by atoms with E-state index in [4.69, 9.17) is 33.2 Å². The average Bonchev–Trinajstić information content (AvgIpc) is 3.05. The summed E-state index contributed by atoms with van der Waals surface area (Å²) in [5, 5.41) is 19.1. The van der Waals surface area contributed by atoms with Crippen molar-refractivity contribution >= 4 is 35.0 Å². The molecule has 0 saturated carbocycles. The number of aromatic nitrogens is 3. The zero-order chi connectivity index (χ0) is 18.5. The van der Waals surface area contributed by atoms with Crippen LogP contribution in [0.5, 0.6) is 0 Å². The van der Waals surface area contributed by atoms with Crippen LogP contribution in [0.15, 0.2) is 47.6 Å². The molecule has 1 heterocycles. The van der Waals surface area contributed by atoms with Gasteiger partial charge in [0.1, 0.15) is 6.61 Å². The lowest BCUT2D eigenvalue weighted by molar-refractivity contribution is 0.176. The van der Waals surface area contributed by atoms with E-state index in [0.29, 0.717) is 33.8 Å². The van der Waals surface area contributed by atoms with Gasteiger partial charge in [0.2, 0.25) is 0 Å². The van der Waals surface area contributed by atoms with Gasteiger partial charge in [0.05, 0.1) is 27.4 Å². The fourth-order valence-corrected chi connectivity index (χ4v) is 3.54. The number of halogens is 2. The van der Waals surface area contributed by atoms with Crippen molar-refractivity contribution in [3.8, 4) is 11.8 Å². The van der Waals surface area contributed by atoms with Crippen molar-refractivity contribution in [3.63, 3.8) is 0 Å². The summed E-state index contributed by atoms with van der Waals surface area (Å²) in [6, 6.07) is 15.0. The van der Waals surface area contributed by atoms with Gasteiger partial charge in [0.25, 0.3) is 0 Å². The van der Waals surface area contributed by atoms with Crippen molar-refractivity contribution in [3.05, 3.63) is 69.5 Å². The third kappa shape index (κ3) is 4.19. The zero-order valence-electron chi connectivity index (χ0n) is 13.8. The van der Waals surface area contributed by atoms with E-state index in [1.165, 1.54) is 0 Å². The van der Waals surface area contributed by atoms with Crippen LogP contribution in [0.25, 0.3) is 5.69 Å². The number of hydrogen-bond donors (Lipinski definition) is 0. The van der Waals surface area contributed by atoms with Crippen LogP contribution in [0, 0.1) is 11.3 Å². The van der Waals surface area contributed by atoms with Gasteiger partial charge in [-0.1, -0.05) is 47.1 Å². The van der Waals surface area contributed by atoms with Crippen molar-refractivity contribution in [1.82, 2.24) is 14.8 Å². The van der Waals surface area contributed by atoms with Crippen LogP contribution >= 0.6 is 35.0 Å². The Morgan fingerprint density at radius 2 is 1.88 bits per heavy atom. The molecule has 0 unspecified atom stereocenters. The Labute approximate surface area is 165 Å². The molecule has 2 aromatic carbocycles. The fourth-order valence-electron chi connectivity index (χ4n) is 2.32. The number of thioether (sulfide) groups is 1.